The van der Waals surface area contributed by atoms with Gasteiger partial charge in [0.1, 0.15) is 0 Å². The third-order valence-electron chi connectivity index (χ3n) is 0.385. The predicted octanol–water partition coefficient (Wildman–Crippen LogP) is 1.43. The molecule has 0 aromatic carbocycles. The van der Waals surface area contributed by atoms with Gasteiger partial charge < -0.3 is 0 Å². The first-order valence-electron chi connectivity index (χ1n) is 1.52. The molecule has 0 unspecified atom stereocenters. The maximum atomic E-state index is 10.2. The fraction of sp³-hybridized carbons (Fsp3) is 1.00. The second-order valence-electron chi connectivity index (χ2n) is 0.760. The summed E-state index contributed by atoms with van der Waals surface area (Å²) in [5.74, 6) is 0. The van der Waals surface area contributed by atoms with Crippen LogP contribution < -0.4 is 0 Å². The predicted molar refractivity (Wildman–Crippen MR) is 31.5 cm³/mol. The van der Waals surface area contributed by atoms with Gasteiger partial charge in [-0.2, -0.15) is 0 Å². The molecule has 0 saturated heterocycles. The van der Waals surface area contributed by atoms with E-state index >= 15 is 0 Å². The van der Waals surface area contributed by atoms with E-state index in [1.807, 2.05) is 12.5 Å². The molecule has 0 rings (SSSR count). The van der Waals surface area contributed by atoms with E-state index in [9.17, 15) is 5.11 Å². The zero-order valence-electron chi connectivity index (χ0n) is 3.80. The number of hydrogen-bond donors (Lipinski definition) is 0. The van der Waals surface area contributed by atoms with Gasteiger partial charge in [-0.3, -0.25) is 0 Å². The monoisotopic (exact) mass is 123 g/mol. The van der Waals surface area contributed by atoms with Gasteiger partial charge in [-0.15, -0.1) is 23.5 Å². The van der Waals surface area contributed by atoms with Crippen molar-refractivity contribution < 1.29 is 5.11 Å². The molecule has 0 aromatic rings. The molecule has 6 heavy (non-hydrogen) atoms. The number of rotatable bonds is 2. The van der Waals surface area contributed by atoms with E-state index in [4.69, 9.17) is 0 Å². The van der Waals surface area contributed by atoms with Crippen molar-refractivity contribution in [2.75, 3.05) is 12.5 Å². The summed E-state index contributed by atoms with van der Waals surface area (Å²) in [5.41, 5.74) is 0. The molecular weight excluding hydrogens is 116 g/mol. The van der Waals surface area contributed by atoms with Crippen molar-refractivity contribution in [1.82, 2.24) is 0 Å². The second kappa shape index (κ2) is 3.84. The Bertz CT molecular complexity index is 28.0. The van der Waals surface area contributed by atoms with Crippen molar-refractivity contribution in [2.45, 2.75) is 4.77 Å². The summed E-state index contributed by atoms with van der Waals surface area (Å²) in [4.78, 5) is 0. The Morgan fingerprint density at radius 2 is 1.67 bits per heavy atom. The molecule has 1 nitrogen and oxygen atoms in total. The Balaban J connectivity index is 2.75. The minimum atomic E-state index is -0.481. The molecule has 3 heteroatoms. The van der Waals surface area contributed by atoms with Crippen molar-refractivity contribution in [3.63, 3.8) is 0 Å². The van der Waals surface area contributed by atoms with Gasteiger partial charge in [0.15, 0.2) is 4.77 Å². The first-order chi connectivity index (χ1) is 2.81. The minimum absolute atomic E-state index is 0.481. The third kappa shape index (κ3) is 2.87. The van der Waals surface area contributed by atoms with Crippen molar-refractivity contribution in [2.24, 2.45) is 0 Å². The van der Waals surface area contributed by atoms with E-state index in [0.29, 0.717) is 0 Å². The lowest BCUT2D eigenvalue weighted by molar-refractivity contribution is 0.234. The Morgan fingerprint density at radius 3 is 1.67 bits per heavy atom. The fourth-order valence-corrected chi connectivity index (χ4v) is 0.866. The maximum Gasteiger partial charge on any atom is 0.184 e. The van der Waals surface area contributed by atoms with Gasteiger partial charge >= 0.3 is 0 Å². The van der Waals surface area contributed by atoms with Crippen LogP contribution in [0.2, 0.25) is 0 Å². The Hall–Kier alpha value is 0.660. The van der Waals surface area contributed by atoms with Crippen LogP contribution in [0.1, 0.15) is 0 Å². The number of thioether (sulfide) groups is 2. The molecule has 0 fully saturated rings. The Kier molecular flexibility index (Phi) is 4.26. The summed E-state index contributed by atoms with van der Waals surface area (Å²) in [6.07, 6.45) is 3.63. The normalized spacial score (nSPS) is 10.0. The molecule has 0 atom stereocenters. The summed E-state index contributed by atoms with van der Waals surface area (Å²) in [6.45, 7) is 0. The molecule has 0 amide bonds. The van der Waals surface area contributed by atoms with Crippen LogP contribution in [0.5, 0.6) is 0 Å². The number of hydrogen-bond acceptors (Lipinski definition) is 2. The van der Waals surface area contributed by atoms with Gasteiger partial charge in [0.2, 0.25) is 0 Å². The highest BCUT2D eigenvalue weighted by molar-refractivity contribution is 8.16. The molecule has 0 aliphatic heterocycles. The molecule has 0 spiro atoms. The van der Waals surface area contributed by atoms with E-state index in [0.717, 1.165) is 0 Å². The molecular formula is C3H7OS2. The topological polar surface area (TPSA) is 19.9 Å². The first kappa shape index (κ1) is 6.66. The lowest BCUT2D eigenvalue weighted by atomic mass is 11.7. The van der Waals surface area contributed by atoms with E-state index in [2.05, 4.69) is 0 Å². The quantitative estimate of drug-likeness (QED) is 0.517. The zero-order valence-corrected chi connectivity index (χ0v) is 5.44. The van der Waals surface area contributed by atoms with E-state index < -0.39 is 4.77 Å². The highest BCUT2D eigenvalue weighted by atomic mass is 32.2. The lowest BCUT2D eigenvalue weighted by Gasteiger charge is -1.94. The van der Waals surface area contributed by atoms with E-state index in [1.54, 1.807) is 0 Å². The van der Waals surface area contributed by atoms with Crippen LogP contribution in [-0.2, 0) is 5.11 Å². The molecule has 1 radical (unpaired) electrons. The summed E-state index contributed by atoms with van der Waals surface area (Å²) in [5, 5.41) is 10.2. The van der Waals surface area contributed by atoms with Crippen molar-refractivity contribution in [3.05, 3.63) is 0 Å². The minimum Gasteiger partial charge on any atom is -0.209 e. The zero-order chi connectivity index (χ0) is 4.99. The van der Waals surface area contributed by atoms with Gasteiger partial charge in [0.25, 0.3) is 0 Å². The second-order valence-corrected chi connectivity index (χ2v) is 2.86. The maximum absolute atomic E-state index is 10.2. The largest absolute Gasteiger partial charge is 0.209 e. The average molecular weight is 123 g/mol. The standard InChI is InChI=1S/C3H7OS2/c1-5-3(4)6-2/h3H,1-2H3. The van der Waals surface area contributed by atoms with E-state index in [-0.39, 0.29) is 0 Å². The highest BCUT2D eigenvalue weighted by Gasteiger charge is 1.94. The van der Waals surface area contributed by atoms with Crippen LogP contribution in [0.15, 0.2) is 0 Å². The van der Waals surface area contributed by atoms with Gasteiger partial charge in [-0.1, -0.05) is 0 Å². The summed E-state index contributed by atoms with van der Waals surface area (Å²) < 4.78 is -0.481. The first-order valence-corrected chi connectivity index (χ1v) is 4.10. The Labute approximate surface area is 46.5 Å². The Morgan fingerprint density at radius 1 is 1.33 bits per heavy atom. The van der Waals surface area contributed by atoms with Crippen LogP contribution in [0, 0.1) is 0 Å². The van der Waals surface area contributed by atoms with Crippen molar-refractivity contribution in [1.29, 1.82) is 0 Å². The van der Waals surface area contributed by atoms with Gasteiger partial charge in [-0.05, 0) is 12.5 Å². The molecule has 0 aliphatic rings. The van der Waals surface area contributed by atoms with Crippen LogP contribution >= 0.6 is 23.5 Å². The van der Waals surface area contributed by atoms with Crippen LogP contribution in [-0.4, -0.2) is 17.3 Å². The molecule has 0 N–H and O–H groups in total. The third-order valence-corrected chi connectivity index (χ3v) is 2.31. The molecule has 0 heterocycles. The van der Waals surface area contributed by atoms with Crippen molar-refractivity contribution >= 4 is 23.5 Å². The molecule has 0 bridgehead atoms. The van der Waals surface area contributed by atoms with Crippen LogP contribution in [0.3, 0.4) is 0 Å². The molecule has 0 aliphatic carbocycles. The van der Waals surface area contributed by atoms with E-state index in [1.165, 1.54) is 23.5 Å². The molecule has 0 aromatic heterocycles. The smallest absolute Gasteiger partial charge is 0.184 e. The van der Waals surface area contributed by atoms with Crippen molar-refractivity contribution in [3.8, 4) is 0 Å². The summed E-state index contributed by atoms with van der Waals surface area (Å²) in [7, 11) is 0. The van der Waals surface area contributed by atoms with Gasteiger partial charge in [0, 0.05) is 0 Å². The average Bonchev–Trinajstić information content (AvgIpc) is 1.65. The van der Waals surface area contributed by atoms with Gasteiger partial charge in [-0.25, -0.2) is 5.11 Å². The fourth-order valence-electron chi connectivity index (χ4n) is 0.0962. The van der Waals surface area contributed by atoms with Gasteiger partial charge in [0.05, 0.1) is 0 Å². The van der Waals surface area contributed by atoms with Crippen LogP contribution in [0.4, 0.5) is 0 Å². The summed E-state index contributed by atoms with van der Waals surface area (Å²) in [6, 6.07) is 0. The molecule has 0 saturated carbocycles. The summed E-state index contributed by atoms with van der Waals surface area (Å²) >= 11 is 2.66. The highest BCUT2D eigenvalue weighted by Crippen LogP contribution is 2.13. The van der Waals surface area contributed by atoms with Crippen LogP contribution in [0.25, 0.3) is 0 Å². The lowest BCUT2D eigenvalue weighted by Crippen LogP contribution is -1.84. The SMILES string of the molecule is CSC([O])SC. The molecule has 37 valence electrons.